The number of nitrogens with one attached hydrogen (secondary N) is 1. The SMILES string of the molecule is Cc1cn(-c2ccccc2)c(NCc2cccc(F)c2)n1. The molecule has 0 aliphatic heterocycles. The molecule has 0 aliphatic carbocycles. The molecule has 0 bridgehead atoms. The normalized spacial score (nSPS) is 10.6. The molecule has 3 nitrogen and oxygen atoms in total. The summed E-state index contributed by atoms with van der Waals surface area (Å²) in [6.45, 7) is 2.48. The quantitative estimate of drug-likeness (QED) is 0.785. The Balaban J connectivity index is 1.83. The summed E-state index contributed by atoms with van der Waals surface area (Å²) >= 11 is 0. The minimum absolute atomic E-state index is 0.225. The number of aryl methyl sites for hydroxylation is 1. The summed E-state index contributed by atoms with van der Waals surface area (Å²) in [5.74, 6) is 0.528. The van der Waals surface area contributed by atoms with E-state index in [1.54, 1.807) is 6.07 Å². The van der Waals surface area contributed by atoms with Crippen LogP contribution in [0.1, 0.15) is 11.3 Å². The Kier molecular flexibility index (Phi) is 3.69. The van der Waals surface area contributed by atoms with E-state index in [9.17, 15) is 4.39 Å². The van der Waals surface area contributed by atoms with Gasteiger partial charge in [-0.15, -0.1) is 0 Å². The second-order valence-electron chi connectivity index (χ2n) is 4.89. The van der Waals surface area contributed by atoms with Gasteiger partial charge < -0.3 is 5.32 Å². The van der Waals surface area contributed by atoms with Gasteiger partial charge in [0, 0.05) is 18.4 Å². The summed E-state index contributed by atoms with van der Waals surface area (Å²) in [6.07, 6.45) is 1.98. The van der Waals surface area contributed by atoms with Crippen LogP contribution in [-0.4, -0.2) is 9.55 Å². The third-order valence-corrected chi connectivity index (χ3v) is 3.20. The van der Waals surface area contributed by atoms with Crippen LogP contribution in [0.15, 0.2) is 60.8 Å². The van der Waals surface area contributed by atoms with Crippen molar-refractivity contribution in [2.45, 2.75) is 13.5 Å². The first-order chi connectivity index (χ1) is 10.2. The number of aromatic nitrogens is 2. The van der Waals surface area contributed by atoms with E-state index < -0.39 is 0 Å². The van der Waals surface area contributed by atoms with Gasteiger partial charge in [0.2, 0.25) is 5.95 Å². The van der Waals surface area contributed by atoms with Gasteiger partial charge in [-0.3, -0.25) is 4.57 Å². The molecule has 0 saturated carbocycles. The zero-order valence-electron chi connectivity index (χ0n) is 11.8. The molecule has 0 amide bonds. The number of hydrogen-bond acceptors (Lipinski definition) is 2. The smallest absolute Gasteiger partial charge is 0.208 e. The van der Waals surface area contributed by atoms with Crippen molar-refractivity contribution in [3.05, 3.63) is 77.9 Å². The van der Waals surface area contributed by atoms with Crippen molar-refractivity contribution in [2.24, 2.45) is 0 Å². The lowest BCUT2D eigenvalue weighted by Gasteiger charge is -2.09. The molecule has 0 fully saturated rings. The van der Waals surface area contributed by atoms with Gasteiger partial charge in [0.1, 0.15) is 5.82 Å². The lowest BCUT2D eigenvalue weighted by Crippen LogP contribution is -2.06. The number of benzene rings is 2. The van der Waals surface area contributed by atoms with Crippen molar-refractivity contribution in [3.8, 4) is 5.69 Å². The molecule has 0 atom stereocenters. The largest absolute Gasteiger partial charge is 0.351 e. The maximum atomic E-state index is 13.2. The Hall–Kier alpha value is -2.62. The lowest BCUT2D eigenvalue weighted by molar-refractivity contribution is 0.626. The number of rotatable bonds is 4. The number of hydrogen-bond donors (Lipinski definition) is 1. The van der Waals surface area contributed by atoms with E-state index in [2.05, 4.69) is 10.3 Å². The number of imidazole rings is 1. The highest BCUT2D eigenvalue weighted by Gasteiger charge is 2.07. The molecular weight excluding hydrogens is 265 g/mol. The molecular formula is C17H16FN3. The zero-order chi connectivity index (χ0) is 14.7. The van der Waals surface area contributed by atoms with Crippen LogP contribution in [0.5, 0.6) is 0 Å². The van der Waals surface area contributed by atoms with E-state index in [1.165, 1.54) is 12.1 Å². The maximum Gasteiger partial charge on any atom is 0.208 e. The maximum absolute atomic E-state index is 13.2. The van der Waals surface area contributed by atoms with Crippen LogP contribution in [0.2, 0.25) is 0 Å². The van der Waals surface area contributed by atoms with E-state index in [0.717, 1.165) is 22.9 Å². The summed E-state index contributed by atoms with van der Waals surface area (Å²) < 4.78 is 15.2. The van der Waals surface area contributed by atoms with Crippen LogP contribution in [0.3, 0.4) is 0 Å². The predicted molar refractivity (Wildman–Crippen MR) is 82.0 cm³/mol. The molecule has 21 heavy (non-hydrogen) atoms. The van der Waals surface area contributed by atoms with E-state index >= 15 is 0 Å². The van der Waals surface area contributed by atoms with Crippen LogP contribution in [0.4, 0.5) is 10.3 Å². The molecule has 0 spiro atoms. The Morgan fingerprint density at radius 2 is 1.90 bits per heavy atom. The number of nitrogens with zero attached hydrogens (tertiary/aromatic N) is 2. The first-order valence-corrected chi connectivity index (χ1v) is 6.82. The van der Waals surface area contributed by atoms with Crippen molar-refractivity contribution < 1.29 is 4.39 Å². The van der Waals surface area contributed by atoms with Crippen LogP contribution >= 0.6 is 0 Å². The lowest BCUT2D eigenvalue weighted by atomic mass is 10.2. The van der Waals surface area contributed by atoms with Gasteiger partial charge in [-0.2, -0.15) is 0 Å². The van der Waals surface area contributed by atoms with Gasteiger partial charge in [-0.25, -0.2) is 9.37 Å². The van der Waals surface area contributed by atoms with Gasteiger partial charge in [0.25, 0.3) is 0 Å². The molecule has 1 heterocycles. The summed E-state index contributed by atoms with van der Waals surface area (Å²) in [5.41, 5.74) is 2.86. The van der Waals surface area contributed by atoms with Crippen LogP contribution in [-0.2, 0) is 6.54 Å². The summed E-state index contributed by atoms with van der Waals surface area (Å²) in [7, 11) is 0. The topological polar surface area (TPSA) is 29.9 Å². The Morgan fingerprint density at radius 1 is 1.10 bits per heavy atom. The van der Waals surface area contributed by atoms with Crippen molar-refractivity contribution >= 4 is 5.95 Å². The van der Waals surface area contributed by atoms with Crippen LogP contribution in [0.25, 0.3) is 5.69 Å². The van der Waals surface area contributed by atoms with E-state index in [-0.39, 0.29) is 5.82 Å². The highest BCUT2D eigenvalue weighted by molar-refractivity contribution is 5.43. The number of anilines is 1. The van der Waals surface area contributed by atoms with Crippen LogP contribution in [0, 0.1) is 12.7 Å². The Bertz CT molecular complexity index is 735. The van der Waals surface area contributed by atoms with Crippen molar-refractivity contribution in [1.82, 2.24) is 9.55 Å². The van der Waals surface area contributed by atoms with Gasteiger partial charge in [-0.1, -0.05) is 30.3 Å². The van der Waals surface area contributed by atoms with Crippen molar-refractivity contribution in [2.75, 3.05) is 5.32 Å². The summed E-state index contributed by atoms with van der Waals surface area (Å²) in [4.78, 5) is 4.48. The fourth-order valence-corrected chi connectivity index (χ4v) is 2.24. The molecule has 1 N–H and O–H groups in total. The standard InChI is InChI=1S/C17H16FN3/c1-13-12-21(16-8-3-2-4-9-16)17(20-13)19-11-14-6-5-7-15(18)10-14/h2-10,12H,11H2,1H3,(H,19,20). The first-order valence-electron chi connectivity index (χ1n) is 6.82. The highest BCUT2D eigenvalue weighted by Crippen LogP contribution is 2.17. The molecule has 106 valence electrons. The molecule has 0 unspecified atom stereocenters. The van der Waals surface area contributed by atoms with Crippen molar-refractivity contribution in [1.29, 1.82) is 0 Å². The third kappa shape index (κ3) is 3.11. The average Bonchev–Trinajstić information content (AvgIpc) is 2.87. The third-order valence-electron chi connectivity index (χ3n) is 3.20. The number of para-hydroxylation sites is 1. The second-order valence-corrected chi connectivity index (χ2v) is 4.89. The molecule has 2 aromatic carbocycles. The molecule has 0 saturated heterocycles. The zero-order valence-corrected chi connectivity index (χ0v) is 11.8. The Labute approximate surface area is 123 Å². The monoisotopic (exact) mass is 281 g/mol. The average molecular weight is 281 g/mol. The summed E-state index contributed by atoms with van der Waals surface area (Å²) in [6, 6.07) is 16.6. The molecule has 4 heteroatoms. The molecule has 3 rings (SSSR count). The second kappa shape index (κ2) is 5.79. The predicted octanol–water partition coefficient (Wildman–Crippen LogP) is 3.93. The molecule has 3 aromatic rings. The van der Waals surface area contributed by atoms with E-state index in [1.807, 2.05) is 54.1 Å². The minimum atomic E-state index is -0.225. The molecule has 0 aliphatic rings. The molecule has 1 aromatic heterocycles. The summed E-state index contributed by atoms with van der Waals surface area (Å²) in [5, 5.41) is 3.26. The van der Waals surface area contributed by atoms with Crippen LogP contribution < -0.4 is 5.32 Å². The Morgan fingerprint density at radius 3 is 2.67 bits per heavy atom. The fourth-order valence-electron chi connectivity index (χ4n) is 2.24. The van der Waals surface area contributed by atoms with E-state index in [4.69, 9.17) is 0 Å². The molecule has 0 radical (unpaired) electrons. The number of halogens is 1. The van der Waals surface area contributed by atoms with Gasteiger partial charge >= 0.3 is 0 Å². The van der Waals surface area contributed by atoms with E-state index in [0.29, 0.717) is 6.54 Å². The minimum Gasteiger partial charge on any atom is -0.351 e. The van der Waals surface area contributed by atoms with Gasteiger partial charge in [0.15, 0.2) is 0 Å². The van der Waals surface area contributed by atoms with Gasteiger partial charge in [0.05, 0.1) is 5.69 Å². The fraction of sp³-hybridized carbons (Fsp3) is 0.118. The highest BCUT2D eigenvalue weighted by atomic mass is 19.1. The van der Waals surface area contributed by atoms with Crippen molar-refractivity contribution in [3.63, 3.8) is 0 Å². The van der Waals surface area contributed by atoms with Gasteiger partial charge in [-0.05, 0) is 36.8 Å². The first kappa shape index (κ1) is 13.4.